The van der Waals surface area contributed by atoms with Gasteiger partial charge < -0.3 is 9.47 Å². The summed E-state index contributed by atoms with van der Waals surface area (Å²) in [7, 11) is 0. The van der Waals surface area contributed by atoms with Crippen molar-refractivity contribution in [3.63, 3.8) is 0 Å². The topological polar surface area (TPSA) is 35.5 Å². The second-order valence-corrected chi connectivity index (χ2v) is 6.28. The molecule has 0 aliphatic rings. The minimum absolute atomic E-state index is 0.160. The minimum atomic E-state index is -0.564. The highest BCUT2D eigenvalue weighted by Crippen LogP contribution is 2.25. The molecule has 0 aliphatic carbocycles. The molecule has 0 heterocycles. The Morgan fingerprint density at radius 1 is 0.889 bits per heavy atom. The average molecular weight is 364 g/mol. The van der Waals surface area contributed by atoms with Crippen molar-refractivity contribution in [3.8, 4) is 5.75 Å². The third-order valence-corrected chi connectivity index (χ3v) is 4.27. The molecule has 0 saturated carbocycles. The summed E-state index contributed by atoms with van der Waals surface area (Å²) in [6.45, 7) is 2.18. The molecule has 0 fully saturated rings. The fourth-order valence-corrected chi connectivity index (χ4v) is 2.63. The van der Waals surface area contributed by atoms with E-state index in [4.69, 9.17) is 9.47 Å². The fourth-order valence-electron chi connectivity index (χ4n) is 2.63. The lowest BCUT2D eigenvalue weighted by atomic mass is 10.0. The maximum absolute atomic E-state index is 14.4. The van der Waals surface area contributed by atoms with Gasteiger partial charge in [0.2, 0.25) is 0 Å². The third-order valence-electron chi connectivity index (χ3n) is 4.27. The van der Waals surface area contributed by atoms with Crippen LogP contribution in [-0.2, 0) is 22.7 Å². The van der Waals surface area contributed by atoms with Gasteiger partial charge in [-0.25, -0.2) is 4.39 Å². The summed E-state index contributed by atoms with van der Waals surface area (Å²) in [5, 5.41) is 0. The zero-order valence-electron chi connectivity index (χ0n) is 15.1. The van der Waals surface area contributed by atoms with Gasteiger partial charge >= 0.3 is 5.97 Å². The molecule has 0 saturated heterocycles. The molecule has 1 unspecified atom stereocenters. The highest BCUT2D eigenvalue weighted by Gasteiger charge is 2.19. The second-order valence-electron chi connectivity index (χ2n) is 6.28. The SMILES string of the molecule is CC(C(=O)OCc1ccccc1)c1ccc(OCc2ccccc2)c(F)c1. The summed E-state index contributed by atoms with van der Waals surface area (Å²) in [6.07, 6.45) is 0. The Kier molecular flexibility index (Phi) is 6.21. The molecule has 0 N–H and O–H groups in total. The Labute approximate surface area is 158 Å². The molecule has 0 amide bonds. The first-order valence-electron chi connectivity index (χ1n) is 8.80. The fraction of sp³-hybridized carbons (Fsp3) is 0.174. The summed E-state index contributed by atoms with van der Waals surface area (Å²) < 4.78 is 25.2. The molecule has 27 heavy (non-hydrogen) atoms. The van der Waals surface area contributed by atoms with Crippen molar-refractivity contribution in [2.45, 2.75) is 26.1 Å². The Morgan fingerprint density at radius 2 is 1.48 bits per heavy atom. The molecule has 3 nitrogen and oxygen atoms in total. The molecule has 3 aromatic rings. The van der Waals surface area contributed by atoms with E-state index in [9.17, 15) is 9.18 Å². The van der Waals surface area contributed by atoms with E-state index in [0.29, 0.717) is 5.56 Å². The summed E-state index contributed by atoms with van der Waals surface area (Å²) in [6, 6.07) is 23.6. The number of hydrogen-bond donors (Lipinski definition) is 0. The van der Waals surface area contributed by atoms with E-state index in [0.717, 1.165) is 11.1 Å². The summed E-state index contributed by atoms with van der Waals surface area (Å²) in [5.41, 5.74) is 2.42. The molecular formula is C23H21FO3. The van der Waals surface area contributed by atoms with E-state index in [2.05, 4.69) is 0 Å². The highest BCUT2D eigenvalue weighted by atomic mass is 19.1. The monoisotopic (exact) mass is 364 g/mol. The van der Waals surface area contributed by atoms with Crippen LogP contribution in [0.2, 0.25) is 0 Å². The van der Waals surface area contributed by atoms with E-state index in [1.165, 1.54) is 6.07 Å². The molecule has 138 valence electrons. The first-order valence-corrected chi connectivity index (χ1v) is 8.80. The summed E-state index contributed by atoms with van der Waals surface area (Å²) >= 11 is 0. The largest absolute Gasteiger partial charge is 0.486 e. The van der Waals surface area contributed by atoms with Crippen molar-refractivity contribution >= 4 is 5.97 Å². The van der Waals surface area contributed by atoms with E-state index >= 15 is 0 Å². The Morgan fingerprint density at radius 3 is 2.07 bits per heavy atom. The van der Waals surface area contributed by atoms with Gasteiger partial charge in [0.15, 0.2) is 11.6 Å². The smallest absolute Gasteiger partial charge is 0.313 e. The lowest BCUT2D eigenvalue weighted by molar-refractivity contribution is -0.146. The second kappa shape index (κ2) is 8.99. The Balaban J connectivity index is 1.59. The van der Waals surface area contributed by atoms with Crippen molar-refractivity contribution in [2.24, 2.45) is 0 Å². The zero-order chi connectivity index (χ0) is 19.1. The van der Waals surface area contributed by atoms with Crippen molar-refractivity contribution in [3.05, 3.63) is 101 Å². The molecule has 3 rings (SSSR count). The number of esters is 1. The number of carbonyl (C=O) groups excluding carboxylic acids is 1. The third kappa shape index (κ3) is 5.17. The van der Waals surface area contributed by atoms with Crippen molar-refractivity contribution < 1.29 is 18.7 Å². The maximum Gasteiger partial charge on any atom is 0.313 e. The molecule has 1 atom stereocenters. The predicted molar refractivity (Wildman–Crippen MR) is 102 cm³/mol. The van der Waals surface area contributed by atoms with Crippen LogP contribution in [0.5, 0.6) is 5.75 Å². The van der Waals surface area contributed by atoms with Crippen LogP contribution in [0.1, 0.15) is 29.5 Å². The lowest BCUT2D eigenvalue weighted by Crippen LogP contribution is -2.13. The number of rotatable bonds is 7. The van der Waals surface area contributed by atoms with Crippen LogP contribution in [-0.4, -0.2) is 5.97 Å². The molecule has 0 radical (unpaired) electrons. The van der Waals surface area contributed by atoms with Gasteiger partial charge in [-0.1, -0.05) is 66.7 Å². The van der Waals surface area contributed by atoms with E-state index < -0.39 is 17.7 Å². The van der Waals surface area contributed by atoms with E-state index in [1.807, 2.05) is 60.7 Å². The van der Waals surface area contributed by atoms with Crippen LogP contribution in [0.3, 0.4) is 0 Å². The number of carbonyl (C=O) groups is 1. The van der Waals surface area contributed by atoms with E-state index in [1.54, 1.807) is 19.1 Å². The van der Waals surface area contributed by atoms with Gasteiger partial charge in [-0.15, -0.1) is 0 Å². The highest BCUT2D eigenvalue weighted by molar-refractivity contribution is 5.77. The van der Waals surface area contributed by atoms with Gasteiger partial charge in [-0.05, 0) is 35.7 Å². The minimum Gasteiger partial charge on any atom is -0.486 e. The van der Waals surface area contributed by atoms with Gasteiger partial charge in [0.25, 0.3) is 0 Å². The number of ether oxygens (including phenoxy) is 2. The van der Waals surface area contributed by atoms with E-state index in [-0.39, 0.29) is 19.0 Å². The lowest BCUT2D eigenvalue weighted by Gasteiger charge is -2.14. The van der Waals surface area contributed by atoms with Gasteiger partial charge in [-0.2, -0.15) is 0 Å². The molecule has 3 aromatic carbocycles. The van der Waals surface area contributed by atoms with Crippen LogP contribution in [0.25, 0.3) is 0 Å². The number of benzene rings is 3. The molecule has 0 aromatic heterocycles. The van der Waals surface area contributed by atoms with Crippen LogP contribution >= 0.6 is 0 Å². The summed E-state index contributed by atoms with van der Waals surface area (Å²) in [4.78, 5) is 12.2. The molecule has 0 bridgehead atoms. The van der Waals surface area contributed by atoms with Crippen molar-refractivity contribution in [2.75, 3.05) is 0 Å². The van der Waals surface area contributed by atoms with Crippen LogP contribution in [0.4, 0.5) is 4.39 Å². The number of halogens is 1. The van der Waals surface area contributed by atoms with Crippen LogP contribution < -0.4 is 4.74 Å². The van der Waals surface area contributed by atoms with Crippen LogP contribution in [0, 0.1) is 5.82 Å². The van der Waals surface area contributed by atoms with Crippen LogP contribution in [0.15, 0.2) is 78.9 Å². The Hall–Kier alpha value is -3.14. The standard InChI is InChI=1S/C23H21FO3/c1-17(23(25)27-16-19-10-6-3-7-11-19)20-12-13-22(21(24)14-20)26-15-18-8-4-2-5-9-18/h2-14,17H,15-16H2,1H3. The summed E-state index contributed by atoms with van der Waals surface area (Å²) in [5.74, 6) is -1.29. The predicted octanol–water partition coefficient (Wildman–Crippen LogP) is 5.25. The maximum atomic E-state index is 14.4. The quantitative estimate of drug-likeness (QED) is 0.537. The Bertz CT molecular complexity index is 879. The number of hydrogen-bond acceptors (Lipinski definition) is 3. The average Bonchev–Trinajstić information content (AvgIpc) is 2.72. The van der Waals surface area contributed by atoms with Gasteiger partial charge in [-0.3, -0.25) is 4.79 Å². The molecule has 4 heteroatoms. The molecular weight excluding hydrogens is 343 g/mol. The van der Waals surface area contributed by atoms with Gasteiger partial charge in [0, 0.05) is 0 Å². The first-order chi connectivity index (χ1) is 13.1. The molecule has 0 aliphatic heterocycles. The van der Waals surface area contributed by atoms with Gasteiger partial charge in [0.1, 0.15) is 13.2 Å². The normalized spacial score (nSPS) is 11.6. The zero-order valence-corrected chi connectivity index (χ0v) is 15.1. The van der Waals surface area contributed by atoms with Crippen molar-refractivity contribution in [1.29, 1.82) is 0 Å². The first kappa shape index (κ1) is 18.6. The van der Waals surface area contributed by atoms with Gasteiger partial charge in [0.05, 0.1) is 5.92 Å². The van der Waals surface area contributed by atoms with Crippen molar-refractivity contribution in [1.82, 2.24) is 0 Å². The molecule has 0 spiro atoms.